The zero-order chi connectivity index (χ0) is 14.3. The van der Waals surface area contributed by atoms with Gasteiger partial charge in [0, 0.05) is 18.0 Å². The van der Waals surface area contributed by atoms with E-state index >= 15 is 0 Å². The molecule has 0 amide bonds. The van der Waals surface area contributed by atoms with Crippen molar-refractivity contribution in [3.05, 3.63) is 53.2 Å². The van der Waals surface area contributed by atoms with E-state index in [4.69, 9.17) is 11.6 Å². The number of benzene rings is 1. The van der Waals surface area contributed by atoms with Gasteiger partial charge in [-0.05, 0) is 12.1 Å². The summed E-state index contributed by atoms with van der Waals surface area (Å²) in [6.07, 6.45) is 1.56. The molecule has 0 aliphatic rings. The molecule has 2 aromatic heterocycles. The molecule has 0 saturated heterocycles. The highest BCUT2D eigenvalue weighted by atomic mass is 35.5. The van der Waals surface area contributed by atoms with Crippen molar-refractivity contribution in [1.82, 2.24) is 14.1 Å². The molecular formula is C14H12ClN3O2. The van der Waals surface area contributed by atoms with Crippen LogP contribution in [-0.4, -0.2) is 25.2 Å². The lowest BCUT2D eigenvalue weighted by atomic mass is 10.2. The van der Waals surface area contributed by atoms with E-state index in [9.17, 15) is 9.90 Å². The second-order valence-corrected chi connectivity index (χ2v) is 4.92. The zero-order valence-corrected chi connectivity index (χ0v) is 11.5. The molecule has 0 radical (unpaired) electrons. The van der Waals surface area contributed by atoms with Gasteiger partial charge in [-0.15, -0.1) is 0 Å². The third-order valence-electron chi connectivity index (χ3n) is 3.36. The van der Waals surface area contributed by atoms with Crippen LogP contribution in [0.1, 0.15) is 16.3 Å². The maximum Gasteiger partial charge on any atom is 0.352 e. The Morgan fingerprint density at radius 2 is 2.15 bits per heavy atom. The number of carbonyl (C=O) groups is 1. The van der Waals surface area contributed by atoms with Crippen LogP contribution in [-0.2, 0) is 13.6 Å². The molecule has 0 saturated carbocycles. The van der Waals surface area contributed by atoms with Crippen molar-refractivity contribution in [3.63, 3.8) is 0 Å². The van der Waals surface area contributed by atoms with Crippen LogP contribution in [0.25, 0.3) is 10.9 Å². The van der Waals surface area contributed by atoms with Crippen molar-refractivity contribution in [2.24, 2.45) is 7.05 Å². The van der Waals surface area contributed by atoms with E-state index in [0.717, 1.165) is 10.9 Å². The summed E-state index contributed by atoms with van der Waals surface area (Å²) >= 11 is 5.96. The molecule has 6 heteroatoms. The lowest BCUT2D eigenvalue weighted by Gasteiger charge is -2.08. The number of fused-ring (bicyclic) bond motifs is 1. The van der Waals surface area contributed by atoms with E-state index in [1.807, 2.05) is 24.3 Å². The third-order valence-corrected chi connectivity index (χ3v) is 3.71. The molecule has 0 fully saturated rings. The van der Waals surface area contributed by atoms with Crippen molar-refractivity contribution in [1.29, 1.82) is 0 Å². The number of hydrogen-bond acceptors (Lipinski definition) is 2. The van der Waals surface area contributed by atoms with Crippen molar-refractivity contribution < 1.29 is 9.90 Å². The van der Waals surface area contributed by atoms with Gasteiger partial charge in [-0.1, -0.05) is 29.8 Å². The van der Waals surface area contributed by atoms with E-state index in [1.165, 1.54) is 0 Å². The summed E-state index contributed by atoms with van der Waals surface area (Å²) in [6, 6.07) is 9.23. The van der Waals surface area contributed by atoms with Crippen LogP contribution in [0.2, 0.25) is 5.15 Å². The second-order valence-electron chi connectivity index (χ2n) is 4.54. The Hall–Kier alpha value is -2.27. The van der Waals surface area contributed by atoms with Gasteiger partial charge in [-0.3, -0.25) is 0 Å². The van der Waals surface area contributed by atoms with Crippen LogP contribution in [0, 0.1) is 0 Å². The summed E-state index contributed by atoms with van der Waals surface area (Å²) < 4.78 is 3.47. The smallest absolute Gasteiger partial charge is 0.352 e. The van der Waals surface area contributed by atoms with E-state index in [1.54, 1.807) is 28.4 Å². The largest absolute Gasteiger partial charge is 0.477 e. The van der Waals surface area contributed by atoms with Crippen molar-refractivity contribution >= 4 is 28.5 Å². The van der Waals surface area contributed by atoms with Gasteiger partial charge in [0.1, 0.15) is 16.7 Å². The number of imidazole rings is 1. The van der Waals surface area contributed by atoms with Crippen LogP contribution in [0.4, 0.5) is 0 Å². The first-order valence-corrected chi connectivity index (χ1v) is 6.43. The van der Waals surface area contributed by atoms with E-state index in [-0.39, 0.29) is 5.69 Å². The van der Waals surface area contributed by atoms with Crippen molar-refractivity contribution in [2.45, 2.75) is 6.54 Å². The quantitative estimate of drug-likeness (QED) is 0.806. The summed E-state index contributed by atoms with van der Waals surface area (Å²) in [6.45, 7) is 0.359. The fraction of sp³-hybridized carbons (Fsp3) is 0.143. The Morgan fingerprint density at radius 3 is 2.80 bits per heavy atom. The minimum atomic E-state index is -0.957. The Kier molecular flexibility index (Phi) is 2.99. The Balaban J connectivity index is 2.16. The standard InChI is InChI=1S/C14H12ClN3O2/c1-17-12(15)7-16-13(17)8-18-10-5-3-2-4-9(10)6-11(18)14(19)20/h2-7H,8H2,1H3,(H,19,20). The predicted octanol–water partition coefficient (Wildman–Crippen LogP) is 2.77. The first-order valence-electron chi connectivity index (χ1n) is 6.05. The summed E-state index contributed by atoms with van der Waals surface area (Å²) in [4.78, 5) is 15.6. The number of nitrogens with zero attached hydrogens (tertiary/aromatic N) is 3. The molecule has 2 heterocycles. The van der Waals surface area contributed by atoms with Crippen LogP contribution in [0.3, 0.4) is 0 Å². The predicted molar refractivity (Wildman–Crippen MR) is 76.2 cm³/mol. The van der Waals surface area contributed by atoms with Crippen LogP contribution in [0.5, 0.6) is 0 Å². The number of halogens is 1. The van der Waals surface area contributed by atoms with Crippen LogP contribution in [0.15, 0.2) is 36.5 Å². The van der Waals surface area contributed by atoms with E-state index in [0.29, 0.717) is 17.5 Å². The highest BCUT2D eigenvalue weighted by Crippen LogP contribution is 2.21. The van der Waals surface area contributed by atoms with Gasteiger partial charge in [0.25, 0.3) is 0 Å². The molecule has 5 nitrogen and oxygen atoms in total. The van der Waals surface area contributed by atoms with E-state index < -0.39 is 5.97 Å². The SMILES string of the molecule is Cn1c(Cl)cnc1Cn1c(C(=O)O)cc2ccccc21. The Morgan fingerprint density at radius 1 is 1.40 bits per heavy atom. The van der Waals surface area contributed by atoms with Gasteiger partial charge in [0.15, 0.2) is 0 Å². The highest BCUT2D eigenvalue weighted by Gasteiger charge is 2.16. The summed E-state index contributed by atoms with van der Waals surface area (Å²) in [5.41, 5.74) is 1.11. The van der Waals surface area contributed by atoms with Gasteiger partial charge in [-0.2, -0.15) is 0 Å². The zero-order valence-electron chi connectivity index (χ0n) is 10.7. The number of carboxylic acid groups (broad SMARTS) is 1. The average Bonchev–Trinajstić information content (AvgIpc) is 2.95. The number of aromatic nitrogens is 3. The molecule has 1 N–H and O–H groups in total. The number of rotatable bonds is 3. The van der Waals surface area contributed by atoms with Gasteiger partial charge >= 0.3 is 5.97 Å². The Bertz CT molecular complexity index is 804. The van der Waals surface area contributed by atoms with Crippen LogP contribution >= 0.6 is 11.6 Å². The summed E-state index contributed by atoms with van der Waals surface area (Å²) in [5.74, 6) is -0.250. The molecule has 3 aromatic rings. The molecule has 3 rings (SSSR count). The first-order chi connectivity index (χ1) is 9.58. The normalized spacial score (nSPS) is 11.1. The minimum Gasteiger partial charge on any atom is -0.477 e. The molecule has 0 unspecified atom stereocenters. The van der Waals surface area contributed by atoms with Gasteiger partial charge in [0.05, 0.1) is 12.7 Å². The minimum absolute atomic E-state index is 0.241. The lowest BCUT2D eigenvalue weighted by molar-refractivity contribution is 0.0686. The molecule has 102 valence electrons. The van der Waals surface area contributed by atoms with Crippen LogP contribution < -0.4 is 0 Å². The Labute approximate surface area is 120 Å². The molecule has 0 spiro atoms. The fourth-order valence-electron chi connectivity index (χ4n) is 2.27. The second kappa shape index (κ2) is 4.68. The monoisotopic (exact) mass is 289 g/mol. The molecule has 1 aromatic carbocycles. The molecule has 0 atom stereocenters. The van der Waals surface area contributed by atoms with Crippen molar-refractivity contribution in [2.75, 3.05) is 0 Å². The molecule has 0 aliphatic carbocycles. The number of hydrogen-bond donors (Lipinski definition) is 1. The topological polar surface area (TPSA) is 60.0 Å². The van der Waals surface area contributed by atoms with Gasteiger partial charge < -0.3 is 14.2 Å². The van der Waals surface area contributed by atoms with E-state index in [2.05, 4.69) is 4.98 Å². The number of carboxylic acids is 1. The third kappa shape index (κ3) is 1.96. The first kappa shape index (κ1) is 12.7. The maximum absolute atomic E-state index is 11.4. The average molecular weight is 290 g/mol. The number of aromatic carboxylic acids is 1. The fourth-order valence-corrected chi connectivity index (χ4v) is 2.42. The van der Waals surface area contributed by atoms with Gasteiger partial charge in [-0.25, -0.2) is 9.78 Å². The maximum atomic E-state index is 11.4. The molecule has 0 bridgehead atoms. The highest BCUT2D eigenvalue weighted by molar-refractivity contribution is 6.29. The van der Waals surface area contributed by atoms with Gasteiger partial charge in [0.2, 0.25) is 0 Å². The molecular weight excluding hydrogens is 278 g/mol. The summed E-state index contributed by atoms with van der Waals surface area (Å²) in [7, 11) is 1.80. The number of para-hydroxylation sites is 1. The molecule has 0 aliphatic heterocycles. The molecule has 20 heavy (non-hydrogen) atoms. The van der Waals surface area contributed by atoms with Crippen molar-refractivity contribution in [3.8, 4) is 0 Å². The lowest BCUT2D eigenvalue weighted by Crippen LogP contribution is -2.12. The summed E-state index contributed by atoms with van der Waals surface area (Å²) in [5, 5.41) is 10.8.